The second-order valence-corrected chi connectivity index (χ2v) is 9.07. The van der Waals surface area contributed by atoms with Gasteiger partial charge in [-0.2, -0.15) is 0 Å². The molecule has 0 aromatic heterocycles. The average molecular weight is 487 g/mol. The molecule has 186 valence electrons. The number of para-hydroxylation sites is 3. The summed E-state index contributed by atoms with van der Waals surface area (Å²) in [6, 6.07) is 23.0. The van der Waals surface area contributed by atoms with Crippen molar-refractivity contribution in [3.63, 3.8) is 0 Å². The zero-order chi connectivity index (χ0) is 24.9. The Morgan fingerprint density at radius 2 is 1.58 bits per heavy atom. The van der Waals surface area contributed by atoms with Crippen LogP contribution in [0.25, 0.3) is 0 Å². The van der Waals surface area contributed by atoms with E-state index in [0.29, 0.717) is 28.5 Å². The van der Waals surface area contributed by atoms with Gasteiger partial charge in [-0.25, -0.2) is 0 Å². The molecule has 7 heteroatoms. The van der Waals surface area contributed by atoms with Crippen molar-refractivity contribution in [3.8, 4) is 17.2 Å². The van der Waals surface area contributed by atoms with Gasteiger partial charge in [-0.1, -0.05) is 55.3 Å². The van der Waals surface area contributed by atoms with Crippen LogP contribution in [0.3, 0.4) is 0 Å². The molecule has 0 spiro atoms. The molecule has 2 aliphatic rings. The molecule has 2 atom stereocenters. The van der Waals surface area contributed by atoms with Crippen molar-refractivity contribution in [3.05, 3.63) is 84.4 Å². The van der Waals surface area contributed by atoms with Gasteiger partial charge < -0.3 is 19.5 Å². The van der Waals surface area contributed by atoms with Crippen LogP contribution in [0.15, 0.2) is 78.9 Å². The first-order valence-corrected chi connectivity index (χ1v) is 12.3. The Hall–Kier alpha value is -4.00. The third-order valence-corrected chi connectivity index (χ3v) is 6.70. The standard InChI is InChI=1S/C29H30N2O5/c1-34-23-17-15-20(16-18-23)27(28(32)30-21-9-5-6-10-21)31(22-11-3-2-4-12-22)29(33)26-19-35-24-13-7-8-14-25(24)36-26/h2-4,7-8,11-18,21,26-27H,5-6,9-10,19H2,1H3,(H,30,32)/t26-,27-/m1/s1. The molecule has 3 aromatic rings. The highest BCUT2D eigenvalue weighted by Crippen LogP contribution is 2.35. The highest BCUT2D eigenvalue weighted by molar-refractivity contribution is 6.03. The Balaban J connectivity index is 1.53. The fraction of sp³-hybridized carbons (Fsp3) is 0.310. The number of anilines is 1. The molecular formula is C29H30N2O5. The number of fused-ring (bicyclic) bond motifs is 1. The van der Waals surface area contributed by atoms with Crippen LogP contribution in [0, 0.1) is 0 Å². The van der Waals surface area contributed by atoms with E-state index in [0.717, 1.165) is 25.7 Å². The van der Waals surface area contributed by atoms with E-state index in [-0.39, 0.29) is 24.5 Å². The number of ether oxygens (including phenoxy) is 3. The Labute approximate surface area is 211 Å². The number of nitrogens with zero attached hydrogens (tertiary/aromatic N) is 1. The molecule has 36 heavy (non-hydrogen) atoms. The maximum atomic E-state index is 14.1. The second-order valence-electron chi connectivity index (χ2n) is 9.07. The quantitative estimate of drug-likeness (QED) is 0.525. The number of amides is 2. The van der Waals surface area contributed by atoms with Gasteiger partial charge in [0.2, 0.25) is 12.0 Å². The molecule has 1 N–H and O–H groups in total. The lowest BCUT2D eigenvalue weighted by Gasteiger charge is -2.35. The molecule has 3 aromatic carbocycles. The molecule has 1 heterocycles. The van der Waals surface area contributed by atoms with E-state index in [1.54, 1.807) is 31.4 Å². The van der Waals surface area contributed by atoms with Gasteiger partial charge in [0, 0.05) is 11.7 Å². The fourth-order valence-electron chi connectivity index (χ4n) is 4.84. The van der Waals surface area contributed by atoms with Gasteiger partial charge >= 0.3 is 0 Å². The smallest absolute Gasteiger partial charge is 0.272 e. The molecule has 1 aliphatic carbocycles. The van der Waals surface area contributed by atoms with E-state index in [4.69, 9.17) is 14.2 Å². The van der Waals surface area contributed by atoms with E-state index in [1.807, 2.05) is 54.6 Å². The summed E-state index contributed by atoms with van der Waals surface area (Å²) in [5.41, 5.74) is 1.29. The topological polar surface area (TPSA) is 77.1 Å². The molecule has 5 rings (SSSR count). The SMILES string of the molecule is COc1ccc([C@H](C(=O)NC2CCCC2)N(C(=O)[C@H]2COc3ccccc3O2)c2ccccc2)cc1. The third kappa shape index (κ3) is 5.00. The largest absolute Gasteiger partial charge is 0.497 e. The number of benzene rings is 3. The summed E-state index contributed by atoms with van der Waals surface area (Å²) in [7, 11) is 1.59. The molecule has 1 aliphatic heterocycles. The summed E-state index contributed by atoms with van der Waals surface area (Å²) in [6.07, 6.45) is 3.16. The van der Waals surface area contributed by atoms with Gasteiger partial charge in [0.25, 0.3) is 5.91 Å². The summed E-state index contributed by atoms with van der Waals surface area (Å²) in [5, 5.41) is 3.19. The average Bonchev–Trinajstić information content (AvgIpc) is 3.44. The lowest BCUT2D eigenvalue weighted by atomic mass is 10.0. The molecule has 0 radical (unpaired) electrons. The monoisotopic (exact) mass is 486 g/mol. The van der Waals surface area contributed by atoms with E-state index >= 15 is 0 Å². The predicted molar refractivity (Wildman–Crippen MR) is 136 cm³/mol. The van der Waals surface area contributed by atoms with Crippen LogP contribution in [0.2, 0.25) is 0 Å². The first kappa shape index (κ1) is 23.7. The van der Waals surface area contributed by atoms with Crippen LogP contribution in [0.5, 0.6) is 17.2 Å². The van der Waals surface area contributed by atoms with E-state index in [9.17, 15) is 9.59 Å². The van der Waals surface area contributed by atoms with E-state index < -0.39 is 12.1 Å². The molecule has 0 saturated heterocycles. The van der Waals surface area contributed by atoms with Gasteiger partial charge in [-0.15, -0.1) is 0 Å². The van der Waals surface area contributed by atoms with Crippen molar-refractivity contribution in [2.24, 2.45) is 0 Å². The molecule has 1 saturated carbocycles. The summed E-state index contributed by atoms with van der Waals surface area (Å²) in [6.45, 7) is 0.0543. The van der Waals surface area contributed by atoms with E-state index in [1.165, 1.54) is 4.90 Å². The number of rotatable bonds is 7. The van der Waals surface area contributed by atoms with Crippen molar-refractivity contribution >= 4 is 17.5 Å². The number of methoxy groups -OCH3 is 1. The van der Waals surface area contributed by atoms with Gasteiger partial charge in [0.1, 0.15) is 18.4 Å². The van der Waals surface area contributed by atoms with Crippen LogP contribution in [-0.2, 0) is 9.59 Å². The fourth-order valence-corrected chi connectivity index (χ4v) is 4.84. The van der Waals surface area contributed by atoms with Crippen LogP contribution < -0.4 is 24.4 Å². The summed E-state index contributed by atoms with van der Waals surface area (Å²) < 4.78 is 17.2. The lowest BCUT2D eigenvalue weighted by Crippen LogP contribution is -2.52. The maximum absolute atomic E-state index is 14.1. The summed E-state index contributed by atoms with van der Waals surface area (Å²) in [5.74, 6) is 1.21. The second kappa shape index (κ2) is 10.7. The number of hydrogen-bond acceptors (Lipinski definition) is 5. The lowest BCUT2D eigenvalue weighted by molar-refractivity contribution is -0.132. The first-order chi connectivity index (χ1) is 17.6. The molecular weight excluding hydrogens is 456 g/mol. The van der Waals surface area contributed by atoms with Crippen molar-refractivity contribution in [1.29, 1.82) is 0 Å². The highest BCUT2D eigenvalue weighted by atomic mass is 16.6. The maximum Gasteiger partial charge on any atom is 0.272 e. The van der Waals surface area contributed by atoms with Gasteiger partial charge in [-0.05, 0) is 54.8 Å². The van der Waals surface area contributed by atoms with Crippen molar-refractivity contribution < 1.29 is 23.8 Å². The predicted octanol–water partition coefficient (Wildman–Crippen LogP) is 4.67. The van der Waals surface area contributed by atoms with Crippen molar-refractivity contribution in [2.45, 2.75) is 43.9 Å². The van der Waals surface area contributed by atoms with Crippen LogP contribution >= 0.6 is 0 Å². The van der Waals surface area contributed by atoms with Crippen LogP contribution in [-0.4, -0.2) is 37.7 Å². The molecule has 0 unspecified atom stereocenters. The van der Waals surface area contributed by atoms with Gasteiger partial charge in [0.05, 0.1) is 7.11 Å². The minimum Gasteiger partial charge on any atom is -0.497 e. The summed E-state index contributed by atoms with van der Waals surface area (Å²) in [4.78, 5) is 29.5. The highest BCUT2D eigenvalue weighted by Gasteiger charge is 2.39. The number of carbonyl (C=O) groups excluding carboxylic acids is 2. The number of carbonyl (C=O) groups is 2. The number of nitrogens with one attached hydrogen (secondary N) is 1. The normalized spacial score (nSPS) is 17.8. The zero-order valence-electron chi connectivity index (χ0n) is 20.3. The van der Waals surface area contributed by atoms with Crippen LogP contribution in [0.4, 0.5) is 5.69 Å². The number of hydrogen-bond donors (Lipinski definition) is 1. The van der Waals surface area contributed by atoms with Gasteiger partial charge in [0.15, 0.2) is 11.5 Å². The first-order valence-electron chi connectivity index (χ1n) is 12.3. The third-order valence-electron chi connectivity index (χ3n) is 6.70. The van der Waals surface area contributed by atoms with Crippen molar-refractivity contribution in [1.82, 2.24) is 5.32 Å². The molecule has 7 nitrogen and oxygen atoms in total. The Morgan fingerprint density at radius 1 is 0.917 bits per heavy atom. The molecule has 0 bridgehead atoms. The van der Waals surface area contributed by atoms with Crippen molar-refractivity contribution in [2.75, 3.05) is 18.6 Å². The zero-order valence-corrected chi connectivity index (χ0v) is 20.3. The van der Waals surface area contributed by atoms with Gasteiger partial charge in [-0.3, -0.25) is 14.5 Å². The van der Waals surface area contributed by atoms with Crippen LogP contribution in [0.1, 0.15) is 37.3 Å². The minimum atomic E-state index is -0.903. The minimum absolute atomic E-state index is 0.0543. The molecule has 2 amide bonds. The summed E-state index contributed by atoms with van der Waals surface area (Å²) >= 11 is 0. The Morgan fingerprint density at radius 3 is 2.28 bits per heavy atom. The Kier molecular flexibility index (Phi) is 7.07. The molecule has 1 fully saturated rings. The van der Waals surface area contributed by atoms with E-state index in [2.05, 4.69) is 5.32 Å². The Bertz CT molecular complexity index is 1190.